The maximum atomic E-state index is 11.7. The third-order valence-electron chi connectivity index (χ3n) is 2.55. The molecule has 3 nitrogen and oxygen atoms in total. The van der Waals surface area contributed by atoms with Crippen LogP contribution in [-0.2, 0) is 11.2 Å². The monoisotopic (exact) mass is 336 g/mol. The number of nitrogens with one attached hydrogen (secondary N) is 1. The fourth-order valence-corrected chi connectivity index (χ4v) is 2.56. The number of nitrogens with zero attached hydrogens (tertiary/aromatic N) is 1. The van der Waals surface area contributed by atoms with E-state index in [1.807, 2.05) is 42.6 Å². The van der Waals surface area contributed by atoms with Crippen molar-refractivity contribution in [3.63, 3.8) is 0 Å². The van der Waals surface area contributed by atoms with E-state index in [9.17, 15) is 4.79 Å². The van der Waals surface area contributed by atoms with Gasteiger partial charge in [-0.3, -0.25) is 4.79 Å². The van der Waals surface area contributed by atoms with Gasteiger partial charge >= 0.3 is 0 Å². The van der Waals surface area contributed by atoms with Crippen LogP contribution in [0.2, 0.25) is 0 Å². The van der Waals surface area contributed by atoms with Crippen molar-refractivity contribution in [2.24, 2.45) is 5.10 Å². The van der Waals surface area contributed by atoms with E-state index in [2.05, 4.69) is 26.5 Å². The maximum Gasteiger partial charge on any atom is 0.244 e. The summed E-state index contributed by atoms with van der Waals surface area (Å²) in [6, 6.07) is 9.69. The Balaban J connectivity index is 1.86. The molecular weight excluding hydrogens is 324 g/mol. The van der Waals surface area contributed by atoms with Crippen molar-refractivity contribution in [1.29, 1.82) is 0 Å². The Hall–Kier alpha value is -1.46. The van der Waals surface area contributed by atoms with Gasteiger partial charge in [-0.25, -0.2) is 5.43 Å². The second kappa shape index (κ2) is 6.63. The second-order valence-corrected chi connectivity index (χ2v) is 5.93. The maximum absolute atomic E-state index is 11.7. The average Bonchev–Trinajstić information content (AvgIpc) is 2.78. The highest BCUT2D eigenvalue weighted by atomic mass is 79.9. The first-order valence-corrected chi connectivity index (χ1v) is 7.43. The number of hydrazone groups is 1. The zero-order chi connectivity index (χ0) is 13.7. The van der Waals surface area contributed by atoms with E-state index in [0.29, 0.717) is 6.42 Å². The Labute approximate surface area is 124 Å². The number of benzene rings is 1. The number of carbonyl (C=O) groups excluding carboxylic acids is 1. The summed E-state index contributed by atoms with van der Waals surface area (Å²) in [7, 11) is 0. The first-order chi connectivity index (χ1) is 9.15. The van der Waals surface area contributed by atoms with E-state index >= 15 is 0 Å². The van der Waals surface area contributed by atoms with Crippen LogP contribution in [0.15, 0.2) is 45.3 Å². The van der Waals surface area contributed by atoms with Crippen LogP contribution >= 0.6 is 27.3 Å². The van der Waals surface area contributed by atoms with Gasteiger partial charge in [0.25, 0.3) is 0 Å². The summed E-state index contributed by atoms with van der Waals surface area (Å²) < 4.78 is 1.00. The highest BCUT2D eigenvalue weighted by Gasteiger charge is 2.02. The lowest BCUT2D eigenvalue weighted by Crippen LogP contribution is -2.19. The van der Waals surface area contributed by atoms with Crippen LogP contribution in [0.25, 0.3) is 0 Å². The summed E-state index contributed by atoms with van der Waals surface area (Å²) in [5, 5.41) is 5.97. The van der Waals surface area contributed by atoms with Crippen molar-refractivity contribution < 1.29 is 4.79 Å². The molecule has 1 N–H and O–H groups in total. The number of hydrogen-bond acceptors (Lipinski definition) is 3. The molecular formula is C14H13BrN2OS. The van der Waals surface area contributed by atoms with Gasteiger partial charge in [0.05, 0.1) is 12.6 Å². The normalized spacial score (nSPS) is 10.8. The first-order valence-electron chi connectivity index (χ1n) is 5.75. The number of aryl methyl sites for hydroxylation is 1. The lowest BCUT2D eigenvalue weighted by molar-refractivity contribution is -0.120. The molecule has 1 aromatic carbocycles. The highest BCUT2D eigenvalue weighted by Crippen LogP contribution is 2.12. The number of rotatable bonds is 4. The van der Waals surface area contributed by atoms with E-state index in [4.69, 9.17) is 0 Å². The van der Waals surface area contributed by atoms with Crippen molar-refractivity contribution in [1.82, 2.24) is 5.43 Å². The molecule has 0 aliphatic carbocycles. The quantitative estimate of drug-likeness (QED) is 0.673. The molecule has 0 bridgehead atoms. The van der Waals surface area contributed by atoms with E-state index in [1.165, 1.54) is 0 Å². The molecule has 2 aromatic rings. The van der Waals surface area contributed by atoms with Gasteiger partial charge in [-0.05, 0) is 41.6 Å². The summed E-state index contributed by atoms with van der Waals surface area (Å²) in [5.41, 5.74) is 4.66. The topological polar surface area (TPSA) is 41.5 Å². The third-order valence-corrected chi connectivity index (χ3v) is 4.03. The molecule has 0 aliphatic rings. The smallest absolute Gasteiger partial charge is 0.244 e. The molecule has 2 rings (SSSR count). The van der Waals surface area contributed by atoms with Crippen molar-refractivity contribution in [2.45, 2.75) is 13.3 Å². The van der Waals surface area contributed by atoms with Crippen LogP contribution in [-0.4, -0.2) is 12.1 Å². The fourth-order valence-electron chi connectivity index (χ4n) is 1.51. The standard InChI is InChI=1S/C14H13BrN2OS/c1-10-6-7-19-13(10)9-16-17-14(18)8-11-2-4-12(15)5-3-11/h2-7,9H,8H2,1H3,(H,17,18)/b16-9+. The number of carbonyl (C=O) groups is 1. The Morgan fingerprint density at radius 1 is 1.37 bits per heavy atom. The SMILES string of the molecule is Cc1ccsc1/C=N/NC(=O)Cc1ccc(Br)cc1. The van der Waals surface area contributed by atoms with Gasteiger partial charge in [0.15, 0.2) is 0 Å². The predicted molar refractivity (Wildman–Crippen MR) is 82.6 cm³/mol. The van der Waals surface area contributed by atoms with Crippen molar-refractivity contribution in [2.75, 3.05) is 0 Å². The minimum absolute atomic E-state index is 0.118. The molecule has 5 heteroatoms. The Kier molecular flexibility index (Phi) is 4.87. The van der Waals surface area contributed by atoms with E-state index < -0.39 is 0 Å². The van der Waals surface area contributed by atoms with Gasteiger partial charge in [0.2, 0.25) is 5.91 Å². The molecule has 0 saturated heterocycles. The number of amides is 1. The zero-order valence-corrected chi connectivity index (χ0v) is 12.8. The van der Waals surface area contributed by atoms with Gasteiger partial charge in [-0.15, -0.1) is 11.3 Å². The van der Waals surface area contributed by atoms with Crippen molar-refractivity contribution in [3.05, 3.63) is 56.2 Å². The molecule has 0 aliphatic heterocycles. The molecule has 1 amide bonds. The number of halogens is 1. The van der Waals surface area contributed by atoms with Gasteiger partial charge in [-0.1, -0.05) is 28.1 Å². The van der Waals surface area contributed by atoms with Gasteiger partial charge < -0.3 is 0 Å². The van der Waals surface area contributed by atoms with E-state index in [-0.39, 0.29) is 5.91 Å². The largest absolute Gasteiger partial charge is 0.273 e. The second-order valence-electron chi connectivity index (χ2n) is 4.06. The van der Waals surface area contributed by atoms with Gasteiger partial charge in [0.1, 0.15) is 0 Å². The van der Waals surface area contributed by atoms with Crippen LogP contribution in [0.4, 0.5) is 0 Å². The van der Waals surface area contributed by atoms with Crippen LogP contribution < -0.4 is 5.43 Å². The average molecular weight is 337 g/mol. The fraction of sp³-hybridized carbons (Fsp3) is 0.143. The summed E-state index contributed by atoms with van der Waals surface area (Å²) in [6.07, 6.45) is 2.01. The Morgan fingerprint density at radius 3 is 2.74 bits per heavy atom. The van der Waals surface area contributed by atoms with Crippen LogP contribution in [0, 0.1) is 6.92 Å². The van der Waals surface area contributed by atoms with Gasteiger partial charge in [0, 0.05) is 9.35 Å². The summed E-state index contributed by atoms with van der Waals surface area (Å²) in [4.78, 5) is 12.7. The third kappa shape index (κ3) is 4.29. The molecule has 0 unspecified atom stereocenters. The first kappa shape index (κ1) is 14.0. The molecule has 0 fully saturated rings. The van der Waals surface area contributed by atoms with E-state index in [0.717, 1.165) is 20.5 Å². The Bertz CT molecular complexity index is 590. The summed E-state index contributed by atoms with van der Waals surface area (Å²) >= 11 is 4.96. The molecule has 19 heavy (non-hydrogen) atoms. The molecule has 0 atom stereocenters. The van der Waals surface area contributed by atoms with Crippen molar-refractivity contribution >= 4 is 39.4 Å². The minimum Gasteiger partial charge on any atom is -0.273 e. The molecule has 1 aromatic heterocycles. The lowest BCUT2D eigenvalue weighted by Gasteiger charge is -2.00. The summed E-state index contributed by atoms with van der Waals surface area (Å²) in [6.45, 7) is 2.02. The number of thiophene rings is 1. The Morgan fingerprint density at radius 2 is 2.11 bits per heavy atom. The van der Waals surface area contributed by atoms with Crippen LogP contribution in [0.3, 0.4) is 0 Å². The molecule has 98 valence electrons. The minimum atomic E-state index is -0.118. The number of hydrogen-bond donors (Lipinski definition) is 1. The van der Waals surface area contributed by atoms with Crippen LogP contribution in [0.5, 0.6) is 0 Å². The molecule has 0 radical (unpaired) electrons. The van der Waals surface area contributed by atoms with E-state index in [1.54, 1.807) is 17.6 Å². The predicted octanol–water partition coefficient (Wildman–Crippen LogP) is 3.51. The molecule has 1 heterocycles. The lowest BCUT2D eigenvalue weighted by atomic mass is 10.1. The van der Waals surface area contributed by atoms with Gasteiger partial charge in [-0.2, -0.15) is 5.10 Å². The van der Waals surface area contributed by atoms with Crippen molar-refractivity contribution in [3.8, 4) is 0 Å². The van der Waals surface area contributed by atoms with Crippen LogP contribution in [0.1, 0.15) is 16.0 Å². The zero-order valence-electron chi connectivity index (χ0n) is 10.4. The molecule has 0 saturated carbocycles. The summed E-state index contributed by atoms with van der Waals surface area (Å²) in [5.74, 6) is -0.118. The highest BCUT2D eigenvalue weighted by molar-refractivity contribution is 9.10. The molecule has 0 spiro atoms.